The van der Waals surface area contributed by atoms with E-state index in [1.165, 1.54) is 45.4 Å². The quantitative estimate of drug-likeness (QED) is 0.224. The molecule has 0 aliphatic rings. The molecule has 150 valence electrons. The third-order valence-corrected chi connectivity index (χ3v) is 6.42. The first-order valence-electron chi connectivity index (χ1n) is 10.3. The number of nitrogens with zero attached hydrogens (tertiary/aromatic N) is 1. The zero-order valence-electron chi connectivity index (χ0n) is 18.1. The summed E-state index contributed by atoms with van der Waals surface area (Å²) in [6.07, 6.45) is 5.98. The molecule has 0 amide bonds. The normalized spacial score (nSPS) is 11.4. The third kappa shape index (κ3) is 5.01. The Morgan fingerprint density at radius 1 is 1.04 bits per heavy atom. The van der Waals surface area contributed by atoms with E-state index >= 15 is 0 Å². The number of fused-ring (bicyclic) bond motifs is 1. The summed E-state index contributed by atoms with van der Waals surface area (Å²) in [7, 11) is 0. The number of benzene rings is 1. The number of aromatic nitrogens is 1. The van der Waals surface area contributed by atoms with Crippen LogP contribution in [0.5, 0.6) is 0 Å². The van der Waals surface area contributed by atoms with Crippen LogP contribution < -0.4 is 0 Å². The van der Waals surface area contributed by atoms with Crippen molar-refractivity contribution in [3.8, 4) is 0 Å². The zero-order valence-corrected chi connectivity index (χ0v) is 19.8. The van der Waals surface area contributed by atoms with E-state index in [0.717, 1.165) is 23.4 Å². The van der Waals surface area contributed by atoms with E-state index in [4.69, 9.17) is 12.2 Å². The van der Waals surface area contributed by atoms with E-state index < -0.39 is 0 Å². The van der Waals surface area contributed by atoms with Crippen LogP contribution in [0.3, 0.4) is 0 Å². The standard InChI is InChI=1S/C21H23NS2.C4H10/c1-5-11-22-15(3)20(18-8-6-7-9-19(18)22)21(23)14(2)13-17-10-12-24-16(17)4;1-3-4-2/h6-10,12-13H,5,11H2,1-4H3;3-4H2,1-2H3/b14-13+;. The second-order valence-corrected chi connectivity index (χ2v) is 8.75. The second-order valence-electron chi connectivity index (χ2n) is 7.22. The minimum atomic E-state index is 0.962. The van der Waals surface area contributed by atoms with Crippen molar-refractivity contribution in [1.29, 1.82) is 0 Å². The highest BCUT2D eigenvalue weighted by Gasteiger charge is 2.17. The first-order valence-corrected chi connectivity index (χ1v) is 11.6. The maximum Gasteiger partial charge on any atom is 0.0503 e. The van der Waals surface area contributed by atoms with Crippen LogP contribution in [-0.2, 0) is 6.54 Å². The molecule has 2 aromatic heterocycles. The molecule has 0 unspecified atom stereocenters. The van der Waals surface area contributed by atoms with Crippen molar-refractivity contribution in [2.75, 3.05) is 0 Å². The average Bonchev–Trinajstić information content (AvgIpc) is 3.23. The molecular formula is C25H33NS2. The number of unbranched alkanes of at least 4 members (excludes halogenated alkanes) is 1. The summed E-state index contributed by atoms with van der Waals surface area (Å²) in [4.78, 5) is 2.30. The Labute approximate surface area is 180 Å². The summed E-state index contributed by atoms with van der Waals surface area (Å²) < 4.78 is 2.40. The number of para-hydroxylation sites is 1. The summed E-state index contributed by atoms with van der Waals surface area (Å²) in [5, 5.41) is 3.40. The number of thiophene rings is 1. The van der Waals surface area contributed by atoms with Gasteiger partial charge in [0.1, 0.15) is 0 Å². The van der Waals surface area contributed by atoms with E-state index in [2.05, 4.69) is 87.9 Å². The van der Waals surface area contributed by atoms with Crippen molar-refractivity contribution in [2.45, 2.75) is 67.3 Å². The Morgan fingerprint density at radius 3 is 2.29 bits per heavy atom. The molecule has 3 heteroatoms. The lowest BCUT2D eigenvalue weighted by Gasteiger charge is -2.08. The lowest BCUT2D eigenvalue weighted by molar-refractivity contribution is 0.685. The van der Waals surface area contributed by atoms with Crippen LogP contribution in [-0.4, -0.2) is 9.43 Å². The van der Waals surface area contributed by atoms with Crippen LogP contribution >= 0.6 is 23.6 Å². The lowest BCUT2D eigenvalue weighted by atomic mass is 10.0. The van der Waals surface area contributed by atoms with Gasteiger partial charge in [-0.15, -0.1) is 11.3 Å². The van der Waals surface area contributed by atoms with E-state index in [9.17, 15) is 0 Å². The molecule has 3 aromatic rings. The van der Waals surface area contributed by atoms with Crippen LogP contribution in [0.4, 0.5) is 0 Å². The molecule has 0 radical (unpaired) electrons. The van der Waals surface area contributed by atoms with Gasteiger partial charge in [-0.05, 0) is 61.9 Å². The lowest BCUT2D eigenvalue weighted by Crippen LogP contribution is -2.04. The summed E-state index contributed by atoms with van der Waals surface area (Å²) in [5.74, 6) is 0. The molecule has 1 aromatic carbocycles. The van der Waals surface area contributed by atoms with Crippen molar-refractivity contribution in [2.24, 2.45) is 0 Å². The van der Waals surface area contributed by atoms with Gasteiger partial charge in [0.25, 0.3) is 0 Å². The van der Waals surface area contributed by atoms with Gasteiger partial charge < -0.3 is 4.57 Å². The van der Waals surface area contributed by atoms with E-state index in [0.29, 0.717) is 0 Å². The predicted octanol–water partition coefficient (Wildman–Crippen LogP) is 8.36. The largest absolute Gasteiger partial charge is 0.344 e. The van der Waals surface area contributed by atoms with Crippen molar-refractivity contribution in [3.63, 3.8) is 0 Å². The molecule has 0 spiro atoms. The van der Waals surface area contributed by atoms with Gasteiger partial charge in [0.15, 0.2) is 0 Å². The molecule has 0 saturated carbocycles. The van der Waals surface area contributed by atoms with Gasteiger partial charge in [0.2, 0.25) is 0 Å². The van der Waals surface area contributed by atoms with Gasteiger partial charge in [-0.2, -0.15) is 0 Å². The summed E-state index contributed by atoms with van der Waals surface area (Å²) in [5.41, 5.74) is 6.21. The first-order chi connectivity index (χ1) is 13.5. The van der Waals surface area contributed by atoms with Crippen molar-refractivity contribution >= 4 is 45.4 Å². The number of hydrogen-bond donors (Lipinski definition) is 0. The summed E-state index contributed by atoms with van der Waals surface area (Å²) in [6.45, 7) is 14.1. The number of aryl methyl sites for hydroxylation is 2. The monoisotopic (exact) mass is 411 g/mol. The third-order valence-electron chi connectivity index (χ3n) is 5.03. The molecule has 0 saturated heterocycles. The summed E-state index contributed by atoms with van der Waals surface area (Å²) >= 11 is 7.67. The highest BCUT2D eigenvalue weighted by Crippen LogP contribution is 2.30. The van der Waals surface area contributed by atoms with Gasteiger partial charge in [0, 0.05) is 33.6 Å². The van der Waals surface area contributed by atoms with E-state index in [1.807, 2.05) is 0 Å². The Kier molecular flexibility index (Phi) is 8.65. The van der Waals surface area contributed by atoms with Crippen LogP contribution in [0.15, 0.2) is 41.3 Å². The maximum absolute atomic E-state index is 5.89. The first kappa shape index (κ1) is 22.6. The Morgan fingerprint density at radius 2 is 1.71 bits per heavy atom. The van der Waals surface area contributed by atoms with Crippen LogP contribution in [0.1, 0.15) is 68.7 Å². The molecular weight excluding hydrogens is 378 g/mol. The van der Waals surface area contributed by atoms with Gasteiger partial charge in [-0.1, -0.05) is 64.0 Å². The van der Waals surface area contributed by atoms with Crippen molar-refractivity contribution in [3.05, 3.63) is 63.0 Å². The van der Waals surface area contributed by atoms with Crippen LogP contribution in [0.2, 0.25) is 0 Å². The van der Waals surface area contributed by atoms with E-state index in [1.54, 1.807) is 11.3 Å². The topological polar surface area (TPSA) is 4.93 Å². The maximum atomic E-state index is 5.89. The minimum absolute atomic E-state index is 0.962. The molecule has 0 aliphatic carbocycles. The molecule has 1 nitrogen and oxygen atoms in total. The van der Waals surface area contributed by atoms with Crippen LogP contribution in [0, 0.1) is 13.8 Å². The number of hydrogen-bond acceptors (Lipinski definition) is 2. The van der Waals surface area contributed by atoms with Gasteiger partial charge in [-0.25, -0.2) is 0 Å². The molecule has 0 atom stereocenters. The molecule has 3 rings (SSSR count). The number of thiocarbonyl (C=S) groups is 1. The second kappa shape index (κ2) is 10.7. The van der Waals surface area contributed by atoms with Gasteiger partial charge >= 0.3 is 0 Å². The smallest absolute Gasteiger partial charge is 0.0503 e. The summed E-state index contributed by atoms with van der Waals surface area (Å²) in [6, 6.07) is 10.8. The molecule has 0 aliphatic heterocycles. The zero-order chi connectivity index (χ0) is 20.7. The van der Waals surface area contributed by atoms with Crippen LogP contribution in [0.25, 0.3) is 17.0 Å². The average molecular weight is 412 g/mol. The number of allylic oxidation sites excluding steroid dienone is 1. The Hall–Kier alpha value is -1.71. The highest BCUT2D eigenvalue weighted by molar-refractivity contribution is 7.81. The SMILES string of the molecule is CCCC.CCCn1c(C)c(C(=S)/C(C)=C/c2ccsc2C)c2ccccc21. The molecule has 28 heavy (non-hydrogen) atoms. The Balaban J connectivity index is 0.000000640. The highest BCUT2D eigenvalue weighted by atomic mass is 32.1. The fourth-order valence-corrected chi connectivity index (χ4v) is 4.27. The van der Waals surface area contributed by atoms with Crippen molar-refractivity contribution in [1.82, 2.24) is 4.57 Å². The fourth-order valence-electron chi connectivity index (χ4n) is 3.27. The Bertz CT molecular complexity index is 954. The molecule has 0 bridgehead atoms. The van der Waals surface area contributed by atoms with Gasteiger partial charge in [0.05, 0.1) is 4.86 Å². The molecule has 0 fully saturated rings. The predicted molar refractivity (Wildman–Crippen MR) is 132 cm³/mol. The molecule has 2 heterocycles. The number of rotatable bonds is 6. The van der Waals surface area contributed by atoms with E-state index in [-0.39, 0.29) is 0 Å². The minimum Gasteiger partial charge on any atom is -0.344 e. The molecule has 0 N–H and O–H groups in total. The van der Waals surface area contributed by atoms with Gasteiger partial charge in [-0.3, -0.25) is 0 Å². The fraction of sp³-hybridized carbons (Fsp3) is 0.400. The van der Waals surface area contributed by atoms with Crippen molar-refractivity contribution < 1.29 is 0 Å².